The van der Waals surface area contributed by atoms with Gasteiger partial charge in [-0.05, 0) is 39.6 Å². The van der Waals surface area contributed by atoms with Crippen LogP contribution in [-0.4, -0.2) is 37.8 Å². The average Bonchev–Trinajstić information content (AvgIpc) is 2.66. The number of hydrogen-bond acceptors (Lipinski definition) is 2. The summed E-state index contributed by atoms with van der Waals surface area (Å²) in [5.74, 6) is 0. The summed E-state index contributed by atoms with van der Waals surface area (Å²) in [7, 11) is 0. The summed E-state index contributed by atoms with van der Waals surface area (Å²) in [6.07, 6.45) is 0.558. The Kier molecular flexibility index (Phi) is 5.89. The van der Waals surface area contributed by atoms with Crippen LogP contribution in [0.15, 0.2) is 54.6 Å². The molecular formula is C21H24ClFN2. The molecule has 0 unspecified atom stereocenters. The standard InChI is InChI=1S/C21H23FN2.ClH/c22-10-9-21(24-13-11-23-12-14-24)20-15-16-5-1-2-6-17(16)18-7-3-4-8-19(18)20;/h1-8,15,21,23H,9-14H2;1H/t21-;/m1./s1. The number of nitrogens with one attached hydrogen (secondary N) is 1. The van der Waals surface area contributed by atoms with Gasteiger partial charge in [0.2, 0.25) is 0 Å². The van der Waals surface area contributed by atoms with Crippen LogP contribution in [0.3, 0.4) is 0 Å². The maximum Gasteiger partial charge on any atom is 0.0912 e. The quantitative estimate of drug-likeness (QED) is 0.679. The van der Waals surface area contributed by atoms with Gasteiger partial charge in [0.05, 0.1) is 6.67 Å². The van der Waals surface area contributed by atoms with Crippen molar-refractivity contribution in [3.8, 4) is 0 Å². The van der Waals surface area contributed by atoms with E-state index >= 15 is 0 Å². The highest BCUT2D eigenvalue weighted by Gasteiger charge is 2.24. The third kappa shape index (κ3) is 3.50. The number of hydrogen-bond donors (Lipinski definition) is 1. The number of halogens is 2. The lowest BCUT2D eigenvalue weighted by atomic mass is 9.91. The van der Waals surface area contributed by atoms with Crippen LogP contribution in [-0.2, 0) is 0 Å². The zero-order valence-corrected chi connectivity index (χ0v) is 15.1. The first-order valence-corrected chi connectivity index (χ1v) is 8.79. The van der Waals surface area contributed by atoms with Crippen molar-refractivity contribution in [1.29, 1.82) is 0 Å². The van der Waals surface area contributed by atoms with Gasteiger partial charge in [-0.15, -0.1) is 12.4 Å². The first-order chi connectivity index (χ1) is 11.9. The first-order valence-electron chi connectivity index (χ1n) is 8.79. The Morgan fingerprint density at radius 2 is 1.56 bits per heavy atom. The van der Waals surface area contributed by atoms with Gasteiger partial charge in [-0.3, -0.25) is 9.29 Å². The summed E-state index contributed by atoms with van der Waals surface area (Å²) in [6.45, 7) is 3.63. The second-order valence-corrected chi connectivity index (χ2v) is 6.51. The molecule has 4 rings (SSSR count). The van der Waals surface area contributed by atoms with Crippen LogP contribution < -0.4 is 5.32 Å². The molecule has 0 amide bonds. The van der Waals surface area contributed by atoms with Gasteiger partial charge in [0.15, 0.2) is 0 Å². The Morgan fingerprint density at radius 1 is 0.920 bits per heavy atom. The lowest BCUT2D eigenvalue weighted by molar-refractivity contribution is 0.158. The molecule has 0 aliphatic carbocycles. The van der Waals surface area contributed by atoms with Crippen molar-refractivity contribution in [3.05, 3.63) is 60.2 Å². The fourth-order valence-corrected chi connectivity index (χ4v) is 3.99. The largest absolute Gasteiger partial charge is 0.314 e. The van der Waals surface area contributed by atoms with Gasteiger partial charge in [0.25, 0.3) is 0 Å². The van der Waals surface area contributed by atoms with Crippen LogP contribution in [0, 0.1) is 0 Å². The van der Waals surface area contributed by atoms with Crippen molar-refractivity contribution in [3.63, 3.8) is 0 Å². The highest BCUT2D eigenvalue weighted by Crippen LogP contribution is 2.35. The van der Waals surface area contributed by atoms with E-state index in [4.69, 9.17) is 0 Å². The molecule has 3 aromatic rings. The van der Waals surface area contributed by atoms with E-state index in [9.17, 15) is 4.39 Å². The molecule has 132 valence electrons. The van der Waals surface area contributed by atoms with Crippen LogP contribution in [0.1, 0.15) is 18.0 Å². The minimum absolute atomic E-state index is 0. The van der Waals surface area contributed by atoms with E-state index in [1.54, 1.807) is 0 Å². The Morgan fingerprint density at radius 3 is 2.28 bits per heavy atom. The van der Waals surface area contributed by atoms with E-state index in [1.165, 1.54) is 27.1 Å². The van der Waals surface area contributed by atoms with Gasteiger partial charge in [0.1, 0.15) is 0 Å². The maximum absolute atomic E-state index is 13.4. The van der Waals surface area contributed by atoms with Crippen LogP contribution in [0.5, 0.6) is 0 Å². The van der Waals surface area contributed by atoms with Crippen molar-refractivity contribution in [2.45, 2.75) is 12.5 Å². The summed E-state index contributed by atoms with van der Waals surface area (Å²) in [5, 5.41) is 8.44. The smallest absolute Gasteiger partial charge is 0.0912 e. The summed E-state index contributed by atoms with van der Waals surface area (Å²) < 4.78 is 13.4. The van der Waals surface area contributed by atoms with Crippen molar-refractivity contribution in [2.24, 2.45) is 0 Å². The van der Waals surface area contributed by atoms with Gasteiger partial charge in [0, 0.05) is 32.2 Å². The molecule has 1 heterocycles. The molecule has 1 aliphatic rings. The Bertz CT molecular complexity index is 846. The molecule has 1 saturated heterocycles. The molecule has 0 aromatic heterocycles. The highest BCUT2D eigenvalue weighted by molar-refractivity contribution is 6.09. The Hall–Kier alpha value is -1.68. The molecule has 1 atom stereocenters. The lowest BCUT2D eigenvalue weighted by Crippen LogP contribution is -2.45. The second kappa shape index (κ2) is 8.13. The van der Waals surface area contributed by atoms with Crippen molar-refractivity contribution < 1.29 is 4.39 Å². The first kappa shape index (κ1) is 18.1. The molecule has 25 heavy (non-hydrogen) atoms. The van der Waals surface area contributed by atoms with E-state index in [0.29, 0.717) is 6.42 Å². The molecule has 3 aromatic carbocycles. The van der Waals surface area contributed by atoms with E-state index in [1.807, 2.05) is 0 Å². The number of piperazine rings is 1. The molecule has 0 saturated carbocycles. The fraction of sp³-hybridized carbons (Fsp3) is 0.333. The topological polar surface area (TPSA) is 15.3 Å². The molecule has 1 N–H and O–H groups in total. The predicted molar refractivity (Wildman–Crippen MR) is 106 cm³/mol. The number of alkyl halides is 1. The molecule has 0 bridgehead atoms. The summed E-state index contributed by atoms with van der Waals surface area (Å²) in [5.41, 5.74) is 1.27. The molecule has 0 spiro atoms. The van der Waals surface area contributed by atoms with Gasteiger partial charge in [-0.25, -0.2) is 0 Å². The third-order valence-electron chi connectivity index (χ3n) is 5.13. The SMILES string of the molecule is Cl.FCC[C@H](c1cc2ccccc2c2ccccc12)N1CCNCC1. The molecule has 4 heteroatoms. The predicted octanol–water partition coefficient (Wildman–Crippen LogP) is 4.72. The number of rotatable bonds is 4. The van der Waals surface area contributed by atoms with Crippen molar-refractivity contribution >= 4 is 34.0 Å². The van der Waals surface area contributed by atoms with Crippen LogP contribution in [0.25, 0.3) is 21.5 Å². The maximum atomic E-state index is 13.4. The van der Waals surface area contributed by atoms with E-state index in [-0.39, 0.29) is 25.1 Å². The molecular weight excluding hydrogens is 335 g/mol. The minimum Gasteiger partial charge on any atom is -0.314 e. The molecule has 1 fully saturated rings. The fourth-order valence-electron chi connectivity index (χ4n) is 3.99. The second-order valence-electron chi connectivity index (χ2n) is 6.51. The zero-order valence-electron chi connectivity index (χ0n) is 14.2. The number of nitrogens with zero attached hydrogens (tertiary/aromatic N) is 1. The number of fused-ring (bicyclic) bond motifs is 3. The van der Waals surface area contributed by atoms with E-state index < -0.39 is 0 Å². The lowest BCUT2D eigenvalue weighted by Gasteiger charge is -2.35. The molecule has 2 nitrogen and oxygen atoms in total. The van der Waals surface area contributed by atoms with Gasteiger partial charge >= 0.3 is 0 Å². The average molecular weight is 359 g/mol. The van der Waals surface area contributed by atoms with E-state index in [0.717, 1.165) is 26.2 Å². The Balaban J connectivity index is 0.00000182. The van der Waals surface area contributed by atoms with Crippen molar-refractivity contribution in [2.75, 3.05) is 32.9 Å². The van der Waals surface area contributed by atoms with Gasteiger partial charge in [-0.1, -0.05) is 48.5 Å². The summed E-state index contributed by atoms with van der Waals surface area (Å²) >= 11 is 0. The van der Waals surface area contributed by atoms with Crippen LogP contribution >= 0.6 is 12.4 Å². The van der Waals surface area contributed by atoms with Gasteiger partial charge < -0.3 is 5.32 Å². The Labute approximate surface area is 154 Å². The van der Waals surface area contributed by atoms with E-state index in [2.05, 4.69) is 64.8 Å². The zero-order chi connectivity index (χ0) is 16.4. The van der Waals surface area contributed by atoms with Crippen LogP contribution in [0.4, 0.5) is 4.39 Å². The summed E-state index contributed by atoms with van der Waals surface area (Å²) in [4.78, 5) is 2.44. The number of benzene rings is 3. The third-order valence-corrected chi connectivity index (χ3v) is 5.13. The monoisotopic (exact) mass is 358 g/mol. The molecule has 0 radical (unpaired) electrons. The van der Waals surface area contributed by atoms with Crippen molar-refractivity contribution in [1.82, 2.24) is 10.2 Å². The summed E-state index contributed by atoms with van der Waals surface area (Å²) in [6, 6.07) is 19.5. The minimum atomic E-state index is -0.282. The molecule has 1 aliphatic heterocycles. The van der Waals surface area contributed by atoms with Crippen LogP contribution in [0.2, 0.25) is 0 Å². The van der Waals surface area contributed by atoms with Gasteiger partial charge in [-0.2, -0.15) is 0 Å². The highest BCUT2D eigenvalue weighted by atomic mass is 35.5. The normalized spacial score (nSPS) is 16.7.